The molecule has 0 bridgehead atoms. The van der Waals surface area contributed by atoms with Gasteiger partial charge in [0.2, 0.25) is 5.95 Å². The van der Waals surface area contributed by atoms with Crippen LogP contribution in [0.4, 0.5) is 10.3 Å². The van der Waals surface area contributed by atoms with E-state index in [1.807, 2.05) is 13.0 Å². The van der Waals surface area contributed by atoms with Crippen molar-refractivity contribution >= 4 is 17.5 Å². The second-order valence-electron chi connectivity index (χ2n) is 4.38. The first kappa shape index (κ1) is 12.3. The van der Waals surface area contributed by atoms with Gasteiger partial charge >= 0.3 is 0 Å². The van der Waals surface area contributed by atoms with Gasteiger partial charge in [-0.3, -0.25) is 10.1 Å². The number of carbonyl (C=O) groups is 1. The van der Waals surface area contributed by atoms with Crippen molar-refractivity contribution in [3.8, 4) is 0 Å². The van der Waals surface area contributed by atoms with Gasteiger partial charge in [0.1, 0.15) is 5.82 Å². The van der Waals surface area contributed by atoms with Crippen LogP contribution in [0.1, 0.15) is 15.9 Å². The molecular formula is C14H11FN4O. The van der Waals surface area contributed by atoms with Crippen LogP contribution in [-0.2, 0) is 0 Å². The Morgan fingerprint density at radius 2 is 2.05 bits per heavy atom. The highest BCUT2D eigenvalue weighted by Crippen LogP contribution is 2.11. The highest BCUT2D eigenvalue weighted by atomic mass is 19.1. The Hall–Kier alpha value is -2.76. The molecule has 1 aromatic carbocycles. The summed E-state index contributed by atoms with van der Waals surface area (Å²) in [6.07, 6.45) is 1.79. The lowest BCUT2D eigenvalue weighted by Gasteiger charge is -2.01. The molecule has 0 aliphatic heterocycles. The van der Waals surface area contributed by atoms with Crippen LogP contribution in [-0.4, -0.2) is 20.5 Å². The van der Waals surface area contributed by atoms with Crippen molar-refractivity contribution in [3.05, 3.63) is 59.5 Å². The number of aromatic nitrogens is 3. The van der Waals surface area contributed by atoms with Crippen LogP contribution in [0.15, 0.2) is 42.6 Å². The number of fused-ring (bicyclic) bond motifs is 1. The van der Waals surface area contributed by atoms with Gasteiger partial charge in [-0.05, 0) is 30.7 Å². The van der Waals surface area contributed by atoms with Crippen molar-refractivity contribution in [1.29, 1.82) is 0 Å². The lowest BCUT2D eigenvalue weighted by Crippen LogP contribution is -2.14. The molecule has 0 saturated heterocycles. The number of anilines is 1. The first-order valence-corrected chi connectivity index (χ1v) is 6.02. The molecule has 2 heterocycles. The molecule has 0 radical (unpaired) electrons. The molecule has 6 heteroatoms. The molecule has 1 N–H and O–H groups in total. The summed E-state index contributed by atoms with van der Waals surface area (Å²) in [5, 5.41) is 6.61. The fourth-order valence-corrected chi connectivity index (χ4v) is 1.85. The summed E-state index contributed by atoms with van der Waals surface area (Å²) >= 11 is 0. The molecule has 2 aromatic heterocycles. The number of rotatable bonds is 2. The fourth-order valence-electron chi connectivity index (χ4n) is 1.85. The van der Waals surface area contributed by atoms with Crippen molar-refractivity contribution in [2.24, 2.45) is 0 Å². The van der Waals surface area contributed by atoms with Gasteiger partial charge < -0.3 is 0 Å². The Labute approximate surface area is 114 Å². The Balaban J connectivity index is 1.89. The molecule has 0 unspecified atom stereocenters. The number of amides is 1. The zero-order chi connectivity index (χ0) is 14.1. The maximum Gasteiger partial charge on any atom is 0.261 e. The van der Waals surface area contributed by atoms with Crippen LogP contribution in [0, 0.1) is 12.7 Å². The lowest BCUT2D eigenvalue weighted by atomic mass is 10.2. The standard InChI is InChI=1S/C14H11FN4O/c1-9-6-7-12-16-14(18-19(12)8-9)17-13(20)10-4-2-3-5-11(10)15/h2-8H,1H3,(H,17,18,20). The van der Waals surface area contributed by atoms with Gasteiger partial charge in [0.25, 0.3) is 5.91 Å². The summed E-state index contributed by atoms with van der Waals surface area (Å²) in [4.78, 5) is 16.1. The van der Waals surface area contributed by atoms with Gasteiger partial charge in [-0.2, -0.15) is 4.98 Å². The van der Waals surface area contributed by atoms with Crippen molar-refractivity contribution in [1.82, 2.24) is 14.6 Å². The summed E-state index contributed by atoms with van der Waals surface area (Å²) in [7, 11) is 0. The van der Waals surface area contributed by atoms with E-state index in [4.69, 9.17) is 0 Å². The molecule has 1 amide bonds. The molecule has 0 aliphatic carbocycles. The number of aryl methyl sites for hydroxylation is 1. The third-order valence-corrected chi connectivity index (χ3v) is 2.82. The van der Waals surface area contributed by atoms with Gasteiger partial charge in [-0.1, -0.05) is 18.2 Å². The minimum Gasteiger partial charge on any atom is -0.289 e. The van der Waals surface area contributed by atoms with Crippen molar-refractivity contribution in [2.75, 3.05) is 5.32 Å². The number of hydrogen-bond acceptors (Lipinski definition) is 3. The van der Waals surface area contributed by atoms with Gasteiger partial charge in [0.15, 0.2) is 5.65 Å². The maximum atomic E-state index is 13.5. The van der Waals surface area contributed by atoms with Crippen LogP contribution in [0.2, 0.25) is 0 Å². The van der Waals surface area contributed by atoms with E-state index in [0.29, 0.717) is 5.65 Å². The molecule has 5 nitrogen and oxygen atoms in total. The van der Waals surface area contributed by atoms with E-state index in [2.05, 4.69) is 15.4 Å². The SMILES string of the molecule is Cc1ccc2nc(NC(=O)c3ccccc3F)nn2c1. The summed E-state index contributed by atoms with van der Waals surface area (Å²) in [5.74, 6) is -1.01. The fraction of sp³-hybridized carbons (Fsp3) is 0.0714. The van der Waals surface area contributed by atoms with E-state index in [9.17, 15) is 9.18 Å². The van der Waals surface area contributed by atoms with Gasteiger partial charge in [0, 0.05) is 6.20 Å². The van der Waals surface area contributed by atoms with Crippen molar-refractivity contribution in [3.63, 3.8) is 0 Å². The minimum atomic E-state index is -0.579. The monoisotopic (exact) mass is 270 g/mol. The Morgan fingerprint density at radius 3 is 2.85 bits per heavy atom. The maximum absolute atomic E-state index is 13.5. The molecule has 3 rings (SSSR count). The number of hydrogen-bond donors (Lipinski definition) is 1. The van der Waals surface area contributed by atoms with Crippen LogP contribution in [0.3, 0.4) is 0 Å². The second kappa shape index (κ2) is 4.73. The zero-order valence-electron chi connectivity index (χ0n) is 10.7. The molecule has 0 saturated carbocycles. The molecule has 3 aromatic rings. The molecule has 0 fully saturated rings. The summed E-state index contributed by atoms with van der Waals surface area (Å²) in [6.45, 7) is 1.93. The van der Waals surface area contributed by atoms with Gasteiger partial charge in [0.05, 0.1) is 5.56 Å². The molecule has 100 valence electrons. The number of halogens is 1. The van der Waals surface area contributed by atoms with Crippen LogP contribution < -0.4 is 5.32 Å². The van der Waals surface area contributed by atoms with E-state index in [0.717, 1.165) is 5.56 Å². The quantitative estimate of drug-likeness (QED) is 0.778. The Bertz CT molecular complexity index is 797. The van der Waals surface area contributed by atoms with Crippen LogP contribution in [0.5, 0.6) is 0 Å². The first-order valence-electron chi connectivity index (χ1n) is 6.02. The van der Waals surface area contributed by atoms with Gasteiger partial charge in [-0.25, -0.2) is 8.91 Å². The molecular weight excluding hydrogens is 259 g/mol. The lowest BCUT2D eigenvalue weighted by molar-refractivity contribution is 0.102. The summed E-state index contributed by atoms with van der Waals surface area (Å²) in [5.41, 5.74) is 1.59. The number of pyridine rings is 1. The van der Waals surface area contributed by atoms with Gasteiger partial charge in [-0.15, -0.1) is 5.10 Å². The summed E-state index contributed by atoms with van der Waals surface area (Å²) < 4.78 is 15.1. The van der Waals surface area contributed by atoms with Crippen molar-refractivity contribution in [2.45, 2.75) is 6.92 Å². The highest BCUT2D eigenvalue weighted by molar-refractivity contribution is 6.03. The number of benzene rings is 1. The van der Waals surface area contributed by atoms with E-state index in [1.54, 1.807) is 22.8 Å². The minimum absolute atomic E-state index is 0.0393. The van der Waals surface area contributed by atoms with Crippen molar-refractivity contribution < 1.29 is 9.18 Å². The topological polar surface area (TPSA) is 59.3 Å². The summed E-state index contributed by atoms with van der Waals surface area (Å²) in [6, 6.07) is 9.45. The first-order chi connectivity index (χ1) is 9.63. The average molecular weight is 270 g/mol. The molecule has 0 atom stereocenters. The largest absolute Gasteiger partial charge is 0.289 e. The number of nitrogens with zero attached hydrogens (tertiary/aromatic N) is 3. The third kappa shape index (κ3) is 2.23. The highest BCUT2D eigenvalue weighted by Gasteiger charge is 2.13. The molecule has 0 aliphatic rings. The Kier molecular flexibility index (Phi) is 2.90. The van der Waals surface area contributed by atoms with E-state index < -0.39 is 11.7 Å². The van der Waals surface area contributed by atoms with E-state index >= 15 is 0 Å². The average Bonchev–Trinajstić information content (AvgIpc) is 2.80. The Morgan fingerprint density at radius 1 is 1.25 bits per heavy atom. The van der Waals surface area contributed by atoms with E-state index in [-0.39, 0.29) is 11.5 Å². The zero-order valence-corrected chi connectivity index (χ0v) is 10.7. The van der Waals surface area contributed by atoms with Crippen LogP contribution >= 0.6 is 0 Å². The smallest absolute Gasteiger partial charge is 0.261 e. The number of nitrogens with one attached hydrogen (secondary N) is 1. The molecule has 0 spiro atoms. The predicted octanol–water partition coefficient (Wildman–Crippen LogP) is 2.43. The number of carbonyl (C=O) groups excluding carboxylic acids is 1. The van der Waals surface area contributed by atoms with Crippen LogP contribution in [0.25, 0.3) is 5.65 Å². The third-order valence-electron chi connectivity index (χ3n) is 2.82. The van der Waals surface area contributed by atoms with E-state index in [1.165, 1.54) is 18.2 Å². The molecule has 20 heavy (non-hydrogen) atoms. The second-order valence-corrected chi connectivity index (χ2v) is 4.38. The normalized spacial score (nSPS) is 10.7. The predicted molar refractivity (Wildman–Crippen MR) is 72.1 cm³/mol.